The van der Waals surface area contributed by atoms with E-state index in [2.05, 4.69) is 10.6 Å². The molecule has 3 aromatic carbocycles. The summed E-state index contributed by atoms with van der Waals surface area (Å²) >= 11 is 0. The van der Waals surface area contributed by atoms with Gasteiger partial charge in [-0.25, -0.2) is 9.59 Å². The molecular weight excluding hydrogens is 392 g/mol. The molecule has 0 unspecified atom stereocenters. The second kappa shape index (κ2) is 11.6. The average Bonchev–Trinajstić information content (AvgIpc) is 2.81. The Morgan fingerprint density at radius 1 is 0.710 bits per heavy atom. The summed E-state index contributed by atoms with van der Waals surface area (Å²) in [5.41, 5.74) is 1.80. The molecule has 0 aliphatic carbocycles. The van der Waals surface area contributed by atoms with Crippen molar-refractivity contribution in [2.24, 2.45) is 0 Å². The summed E-state index contributed by atoms with van der Waals surface area (Å²) in [5, 5.41) is 6.42. The maximum Gasteiger partial charge on any atom is 0.343 e. The number of benzene rings is 3. The zero-order chi connectivity index (χ0) is 21.9. The first-order valence-corrected chi connectivity index (χ1v) is 10.2. The first kappa shape index (κ1) is 22.2. The smallest absolute Gasteiger partial charge is 0.343 e. The lowest BCUT2D eigenvalue weighted by Gasteiger charge is -2.13. The SMILES string of the molecule is CNCCNCCc1ccc(OC(=O)c2ccccc2)c(OC(=O)c2ccccc2)c1. The fraction of sp³-hybridized carbons (Fsp3) is 0.200. The van der Waals surface area contributed by atoms with E-state index in [9.17, 15) is 9.59 Å². The second-order valence-electron chi connectivity index (χ2n) is 6.90. The first-order chi connectivity index (χ1) is 15.2. The number of esters is 2. The molecule has 0 saturated heterocycles. The summed E-state index contributed by atoms with van der Waals surface area (Å²) in [6, 6.07) is 22.7. The molecule has 0 aliphatic heterocycles. The number of likely N-dealkylation sites (N-methyl/N-ethyl adjacent to an activating group) is 1. The molecule has 3 aromatic rings. The molecule has 3 rings (SSSR count). The summed E-state index contributed by atoms with van der Waals surface area (Å²) in [4.78, 5) is 25.1. The van der Waals surface area contributed by atoms with Crippen LogP contribution >= 0.6 is 0 Å². The van der Waals surface area contributed by atoms with Gasteiger partial charge in [-0.1, -0.05) is 42.5 Å². The van der Waals surface area contributed by atoms with Crippen molar-refractivity contribution < 1.29 is 19.1 Å². The minimum absolute atomic E-state index is 0.199. The van der Waals surface area contributed by atoms with E-state index < -0.39 is 11.9 Å². The van der Waals surface area contributed by atoms with Crippen LogP contribution < -0.4 is 20.1 Å². The van der Waals surface area contributed by atoms with Gasteiger partial charge in [-0.3, -0.25) is 0 Å². The van der Waals surface area contributed by atoms with E-state index in [4.69, 9.17) is 9.47 Å². The number of nitrogens with one attached hydrogen (secondary N) is 2. The van der Waals surface area contributed by atoms with Crippen LogP contribution in [0.2, 0.25) is 0 Å². The molecule has 0 atom stereocenters. The first-order valence-electron chi connectivity index (χ1n) is 10.2. The van der Waals surface area contributed by atoms with E-state index in [1.807, 2.05) is 25.2 Å². The van der Waals surface area contributed by atoms with Crippen molar-refractivity contribution in [1.29, 1.82) is 0 Å². The summed E-state index contributed by atoms with van der Waals surface area (Å²) < 4.78 is 11.1. The van der Waals surface area contributed by atoms with Gasteiger partial charge in [0.15, 0.2) is 11.5 Å². The van der Waals surface area contributed by atoms with Crippen LogP contribution in [0, 0.1) is 0 Å². The average molecular weight is 418 g/mol. The van der Waals surface area contributed by atoms with Crippen molar-refractivity contribution in [3.63, 3.8) is 0 Å². The third-order valence-corrected chi connectivity index (χ3v) is 4.57. The van der Waals surface area contributed by atoms with E-state index in [0.717, 1.165) is 31.6 Å². The molecule has 0 bridgehead atoms. The highest BCUT2D eigenvalue weighted by Gasteiger charge is 2.17. The predicted molar refractivity (Wildman–Crippen MR) is 120 cm³/mol. The maximum absolute atomic E-state index is 12.6. The van der Waals surface area contributed by atoms with E-state index >= 15 is 0 Å². The van der Waals surface area contributed by atoms with Gasteiger partial charge in [0.1, 0.15) is 0 Å². The Kier molecular flexibility index (Phi) is 8.34. The van der Waals surface area contributed by atoms with Gasteiger partial charge < -0.3 is 20.1 Å². The van der Waals surface area contributed by atoms with Crippen LogP contribution in [0.4, 0.5) is 0 Å². The van der Waals surface area contributed by atoms with E-state index in [0.29, 0.717) is 11.1 Å². The second-order valence-corrected chi connectivity index (χ2v) is 6.90. The van der Waals surface area contributed by atoms with E-state index in [-0.39, 0.29) is 11.5 Å². The highest BCUT2D eigenvalue weighted by Crippen LogP contribution is 2.30. The molecule has 31 heavy (non-hydrogen) atoms. The van der Waals surface area contributed by atoms with Crippen molar-refractivity contribution in [2.75, 3.05) is 26.7 Å². The summed E-state index contributed by atoms with van der Waals surface area (Å²) in [6.07, 6.45) is 0.743. The lowest BCUT2D eigenvalue weighted by Crippen LogP contribution is -2.26. The number of carbonyl (C=O) groups excluding carboxylic acids is 2. The van der Waals surface area contributed by atoms with Gasteiger partial charge in [0.2, 0.25) is 0 Å². The fourth-order valence-corrected chi connectivity index (χ4v) is 2.91. The van der Waals surface area contributed by atoms with Gasteiger partial charge in [0, 0.05) is 13.1 Å². The van der Waals surface area contributed by atoms with Crippen LogP contribution in [0.25, 0.3) is 0 Å². The number of ether oxygens (including phenoxy) is 2. The lowest BCUT2D eigenvalue weighted by molar-refractivity contribution is 0.0682. The molecule has 0 saturated carbocycles. The van der Waals surface area contributed by atoms with Crippen molar-refractivity contribution in [3.8, 4) is 11.5 Å². The topological polar surface area (TPSA) is 76.7 Å². The van der Waals surface area contributed by atoms with Crippen LogP contribution in [0.3, 0.4) is 0 Å². The van der Waals surface area contributed by atoms with Crippen LogP contribution in [-0.2, 0) is 6.42 Å². The number of carbonyl (C=O) groups is 2. The zero-order valence-electron chi connectivity index (χ0n) is 17.5. The Morgan fingerprint density at radius 3 is 1.87 bits per heavy atom. The van der Waals surface area contributed by atoms with Crippen LogP contribution in [0.1, 0.15) is 26.3 Å². The predicted octanol–water partition coefficient (Wildman–Crippen LogP) is 3.48. The highest BCUT2D eigenvalue weighted by atomic mass is 16.6. The van der Waals surface area contributed by atoms with Gasteiger partial charge >= 0.3 is 11.9 Å². The van der Waals surface area contributed by atoms with Gasteiger partial charge in [-0.05, 0) is 62.0 Å². The normalized spacial score (nSPS) is 10.5. The van der Waals surface area contributed by atoms with Gasteiger partial charge in [0.25, 0.3) is 0 Å². The van der Waals surface area contributed by atoms with Gasteiger partial charge in [-0.15, -0.1) is 0 Å². The molecule has 0 aromatic heterocycles. The molecule has 0 spiro atoms. The molecule has 0 radical (unpaired) electrons. The van der Waals surface area contributed by atoms with Crippen LogP contribution in [0.15, 0.2) is 78.9 Å². The zero-order valence-corrected chi connectivity index (χ0v) is 17.5. The Hall–Kier alpha value is -3.48. The van der Waals surface area contributed by atoms with Gasteiger partial charge in [-0.2, -0.15) is 0 Å². The molecule has 6 heteroatoms. The summed E-state index contributed by atoms with van der Waals surface area (Å²) in [6.45, 7) is 2.52. The van der Waals surface area contributed by atoms with Crippen LogP contribution in [-0.4, -0.2) is 38.6 Å². The third-order valence-electron chi connectivity index (χ3n) is 4.57. The summed E-state index contributed by atoms with van der Waals surface area (Å²) in [7, 11) is 1.91. The Balaban J connectivity index is 1.77. The molecule has 0 heterocycles. The molecule has 0 aliphatic rings. The minimum Gasteiger partial charge on any atom is -0.419 e. The number of hydrogen-bond donors (Lipinski definition) is 2. The largest absolute Gasteiger partial charge is 0.419 e. The fourth-order valence-electron chi connectivity index (χ4n) is 2.91. The third kappa shape index (κ3) is 6.77. The van der Waals surface area contributed by atoms with Crippen molar-refractivity contribution >= 4 is 11.9 Å². The standard InChI is InChI=1S/C25H26N2O4/c1-26-16-17-27-15-14-19-12-13-22(30-24(28)20-8-4-2-5-9-20)23(18-19)31-25(29)21-10-6-3-7-11-21/h2-13,18,26-27H,14-17H2,1H3. The highest BCUT2D eigenvalue weighted by molar-refractivity contribution is 5.93. The van der Waals surface area contributed by atoms with E-state index in [1.54, 1.807) is 60.7 Å². The molecule has 0 amide bonds. The monoisotopic (exact) mass is 418 g/mol. The summed E-state index contributed by atoms with van der Waals surface area (Å²) in [5.74, 6) is -0.614. The van der Waals surface area contributed by atoms with Crippen molar-refractivity contribution in [3.05, 3.63) is 95.6 Å². The molecule has 0 fully saturated rings. The molecule has 2 N–H and O–H groups in total. The van der Waals surface area contributed by atoms with Gasteiger partial charge in [0.05, 0.1) is 11.1 Å². The molecule has 160 valence electrons. The minimum atomic E-state index is -0.515. The van der Waals surface area contributed by atoms with Crippen molar-refractivity contribution in [2.45, 2.75) is 6.42 Å². The Morgan fingerprint density at radius 2 is 1.29 bits per heavy atom. The molecule has 6 nitrogen and oxygen atoms in total. The van der Waals surface area contributed by atoms with E-state index in [1.165, 1.54) is 0 Å². The van der Waals surface area contributed by atoms with Crippen molar-refractivity contribution in [1.82, 2.24) is 10.6 Å². The van der Waals surface area contributed by atoms with Crippen LogP contribution in [0.5, 0.6) is 11.5 Å². The maximum atomic E-state index is 12.6. The lowest BCUT2D eigenvalue weighted by atomic mass is 10.1. The Labute approximate surface area is 182 Å². The quantitative estimate of drug-likeness (QED) is 0.298. The number of rotatable bonds is 10. The molecular formula is C25H26N2O4. The number of hydrogen-bond acceptors (Lipinski definition) is 6. The Bertz CT molecular complexity index is 991.